The Morgan fingerprint density at radius 3 is 2.79 bits per heavy atom. The first-order valence-corrected chi connectivity index (χ1v) is 14.1. The maximum Gasteiger partial charge on any atom is 0.343 e. The molecule has 2 aliphatic heterocycles. The van der Waals surface area contributed by atoms with Crippen LogP contribution in [0.25, 0.3) is 22.3 Å². The number of nitrogens with one attached hydrogen (secondary N) is 1. The smallest absolute Gasteiger partial charge is 0.343 e. The molecule has 214 valence electrons. The largest absolute Gasteiger partial charge is 0.458 e. The molecule has 0 radical (unpaired) electrons. The van der Waals surface area contributed by atoms with Crippen LogP contribution >= 0.6 is 0 Å². The van der Waals surface area contributed by atoms with Crippen LogP contribution in [0, 0.1) is 12.7 Å². The van der Waals surface area contributed by atoms with Crippen LogP contribution in [0.4, 0.5) is 10.1 Å². The van der Waals surface area contributed by atoms with Crippen molar-refractivity contribution in [3.8, 4) is 11.4 Å². The number of halogens is 1. The number of aliphatic hydroxyl groups is 1. The van der Waals surface area contributed by atoms with Crippen molar-refractivity contribution in [2.24, 2.45) is 0 Å². The number of rotatable bonds is 4. The summed E-state index contributed by atoms with van der Waals surface area (Å²) < 4.78 is 21.9. The van der Waals surface area contributed by atoms with Crippen molar-refractivity contribution in [1.82, 2.24) is 14.9 Å². The van der Waals surface area contributed by atoms with Gasteiger partial charge in [-0.3, -0.25) is 9.59 Å². The number of aromatic nitrogens is 2. The van der Waals surface area contributed by atoms with Crippen molar-refractivity contribution in [2.45, 2.75) is 64.3 Å². The van der Waals surface area contributed by atoms with Gasteiger partial charge in [0, 0.05) is 28.3 Å². The average Bonchev–Trinajstić information content (AvgIpc) is 3.34. The molecule has 2 aromatic heterocycles. The number of esters is 1. The van der Waals surface area contributed by atoms with Crippen molar-refractivity contribution in [1.29, 1.82) is 0 Å². The quantitative estimate of drug-likeness (QED) is 0.223. The fourth-order valence-corrected chi connectivity index (χ4v) is 6.81. The first-order chi connectivity index (χ1) is 20.1. The van der Waals surface area contributed by atoms with E-state index < -0.39 is 17.6 Å². The van der Waals surface area contributed by atoms with Crippen LogP contribution in [0.2, 0.25) is 0 Å². The molecule has 0 fully saturated rings. The summed E-state index contributed by atoms with van der Waals surface area (Å²) >= 11 is 0. The second-order valence-corrected chi connectivity index (χ2v) is 11.3. The number of hydrogen-bond acceptors (Lipinski definition) is 7. The first kappa shape index (κ1) is 26.3. The zero-order valence-corrected chi connectivity index (χ0v) is 23.2. The highest BCUT2D eigenvalue weighted by Gasteiger charge is 2.46. The number of fused-ring (bicyclic) bond motifs is 5. The highest BCUT2D eigenvalue weighted by atomic mass is 19.1. The summed E-state index contributed by atoms with van der Waals surface area (Å²) in [5.74, 6) is -1.38. The van der Waals surface area contributed by atoms with Crippen LogP contribution in [0.3, 0.4) is 0 Å². The Hall–Kier alpha value is -4.57. The van der Waals surface area contributed by atoms with E-state index in [0.29, 0.717) is 41.0 Å². The monoisotopic (exact) mass is 568 g/mol. The summed E-state index contributed by atoms with van der Waals surface area (Å²) in [5, 5.41) is 15.2. The lowest BCUT2D eigenvalue weighted by Gasteiger charge is -2.31. The van der Waals surface area contributed by atoms with Crippen LogP contribution in [-0.2, 0) is 45.9 Å². The third-order valence-corrected chi connectivity index (χ3v) is 9.12. The first-order valence-electron chi connectivity index (χ1n) is 14.1. The number of carbonyl (C=O) groups excluding carboxylic acids is 2. The standard InChI is InChI=1S/C32H29FN4O5/c1-3-32(41)20-11-25-29-18(13-37(25)30(39)19(20)14-42-31(32)40)28-23(35-26(38)10-16-6-4-5-7-22(16)34)9-8-17-15(2)21(33)12-24(36-29)27(17)28/h4-7,11-12,23,41H,3,8-10,13-14,34H2,1-2H3,(H,35,38)/t23-,32-/m0/s1. The van der Waals surface area contributed by atoms with Crippen LogP contribution in [0.15, 0.2) is 41.2 Å². The number of ether oxygens (including phenoxy) is 1. The van der Waals surface area contributed by atoms with Crippen molar-refractivity contribution in [3.63, 3.8) is 0 Å². The Kier molecular flexibility index (Phi) is 5.78. The fraction of sp³-hybridized carbons (Fsp3) is 0.312. The second kappa shape index (κ2) is 9.22. The number of para-hydroxylation sites is 1. The number of pyridine rings is 2. The molecule has 42 heavy (non-hydrogen) atoms. The Balaban J connectivity index is 1.41. The molecule has 7 rings (SSSR count). The van der Waals surface area contributed by atoms with Crippen LogP contribution in [0.1, 0.15) is 64.8 Å². The summed E-state index contributed by atoms with van der Waals surface area (Å²) in [6.45, 7) is 3.34. The Morgan fingerprint density at radius 1 is 1.24 bits per heavy atom. The number of nitrogens with two attached hydrogens (primary N) is 1. The Morgan fingerprint density at radius 2 is 2.02 bits per heavy atom. The van der Waals surface area contributed by atoms with Crippen LogP contribution < -0.4 is 16.6 Å². The molecule has 1 aliphatic carbocycles. The molecule has 1 amide bonds. The van der Waals surface area contributed by atoms with E-state index in [0.717, 1.165) is 27.6 Å². The molecule has 0 saturated carbocycles. The SMILES string of the molecule is CC[C@@]1(O)C(=O)OCc2c1cc1n(c2=O)Cc2c-1nc1cc(F)c(C)c3c1c2[C@@H](NC(=O)Cc1ccccc1N)CC3. The molecule has 9 nitrogen and oxygen atoms in total. The summed E-state index contributed by atoms with van der Waals surface area (Å²) in [6.07, 6.45) is 1.22. The average molecular weight is 569 g/mol. The number of carbonyl (C=O) groups is 2. The number of hydrogen-bond donors (Lipinski definition) is 3. The number of aryl methyl sites for hydroxylation is 1. The Labute approximate surface area is 240 Å². The highest BCUT2D eigenvalue weighted by molar-refractivity contribution is 5.94. The lowest BCUT2D eigenvalue weighted by Crippen LogP contribution is -2.44. The summed E-state index contributed by atoms with van der Waals surface area (Å²) in [4.78, 5) is 44.5. The normalized spacial score (nSPS) is 20.1. The van der Waals surface area contributed by atoms with Gasteiger partial charge in [-0.1, -0.05) is 25.1 Å². The molecule has 4 aromatic rings. The number of anilines is 1. The van der Waals surface area contributed by atoms with Crippen LogP contribution in [-0.4, -0.2) is 26.5 Å². The van der Waals surface area contributed by atoms with Crippen molar-refractivity contribution in [3.05, 3.63) is 91.5 Å². The van der Waals surface area contributed by atoms with Gasteiger partial charge >= 0.3 is 5.97 Å². The number of amides is 1. The second-order valence-electron chi connectivity index (χ2n) is 11.3. The fourth-order valence-electron chi connectivity index (χ4n) is 6.81. The van der Waals surface area contributed by atoms with Gasteiger partial charge < -0.3 is 25.5 Å². The van der Waals surface area contributed by atoms with E-state index in [4.69, 9.17) is 15.5 Å². The zero-order valence-electron chi connectivity index (χ0n) is 23.2. The van der Waals surface area contributed by atoms with E-state index in [-0.39, 0.29) is 54.4 Å². The van der Waals surface area contributed by atoms with Gasteiger partial charge in [-0.05, 0) is 60.6 Å². The topological polar surface area (TPSA) is 137 Å². The third kappa shape index (κ3) is 3.64. The van der Waals surface area contributed by atoms with Gasteiger partial charge in [-0.15, -0.1) is 0 Å². The van der Waals surface area contributed by atoms with Gasteiger partial charge in [-0.25, -0.2) is 14.2 Å². The van der Waals surface area contributed by atoms with Crippen molar-refractivity contribution < 1.29 is 23.8 Å². The van der Waals surface area contributed by atoms with E-state index in [9.17, 15) is 19.5 Å². The molecule has 3 aliphatic rings. The molecule has 0 saturated heterocycles. The minimum absolute atomic E-state index is 0.0267. The van der Waals surface area contributed by atoms with Gasteiger partial charge in [0.25, 0.3) is 5.56 Å². The van der Waals surface area contributed by atoms with Gasteiger partial charge in [0.1, 0.15) is 12.4 Å². The predicted octanol–water partition coefficient (Wildman–Crippen LogP) is 3.46. The van der Waals surface area contributed by atoms with E-state index in [1.165, 1.54) is 6.07 Å². The lowest BCUT2D eigenvalue weighted by atomic mass is 9.81. The number of nitrogen functional groups attached to an aromatic ring is 1. The molecule has 2 aromatic carbocycles. The van der Waals surface area contributed by atoms with Gasteiger partial charge in [0.15, 0.2) is 5.60 Å². The molecular formula is C32H29FN4O5. The maximum absolute atomic E-state index is 15.1. The maximum atomic E-state index is 15.1. The summed E-state index contributed by atoms with van der Waals surface area (Å²) in [5.41, 5.74) is 9.72. The molecule has 10 heteroatoms. The van der Waals surface area contributed by atoms with E-state index in [1.54, 1.807) is 30.5 Å². The predicted molar refractivity (Wildman–Crippen MR) is 153 cm³/mol. The molecule has 2 atom stereocenters. The Bertz CT molecular complexity index is 1930. The molecule has 0 unspecified atom stereocenters. The van der Waals surface area contributed by atoms with Gasteiger partial charge in [0.2, 0.25) is 5.91 Å². The van der Waals surface area contributed by atoms with Crippen molar-refractivity contribution >= 4 is 28.5 Å². The molecular weight excluding hydrogens is 539 g/mol. The number of benzene rings is 2. The minimum Gasteiger partial charge on any atom is -0.458 e. The van der Waals surface area contributed by atoms with E-state index in [2.05, 4.69) is 5.32 Å². The summed E-state index contributed by atoms with van der Waals surface area (Å²) in [6, 6.07) is 9.84. The number of nitrogens with zero attached hydrogens (tertiary/aromatic N) is 2. The molecule has 0 spiro atoms. The third-order valence-electron chi connectivity index (χ3n) is 9.12. The molecule has 0 bridgehead atoms. The molecule has 4 N–H and O–H groups in total. The molecule has 4 heterocycles. The number of cyclic esters (lactones) is 1. The van der Waals surface area contributed by atoms with Crippen molar-refractivity contribution in [2.75, 3.05) is 5.73 Å². The van der Waals surface area contributed by atoms with Gasteiger partial charge in [-0.2, -0.15) is 0 Å². The van der Waals surface area contributed by atoms with Crippen LogP contribution in [0.5, 0.6) is 0 Å². The van der Waals surface area contributed by atoms with E-state index in [1.807, 2.05) is 18.2 Å². The zero-order chi connectivity index (χ0) is 29.5. The lowest BCUT2D eigenvalue weighted by molar-refractivity contribution is -0.172. The minimum atomic E-state index is -1.96. The summed E-state index contributed by atoms with van der Waals surface area (Å²) in [7, 11) is 0. The highest BCUT2D eigenvalue weighted by Crippen LogP contribution is 2.46. The van der Waals surface area contributed by atoms with Gasteiger partial charge in [0.05, 0.1) is 41.5 Å². The van der Waals surface area contributed by atoms with E-state index >= 15 is 4.39 Å².